The quantitative estimate of drug-likeness (QED) is 0.0591. The number of benzene rings is 1. The molecular formula is C57H78ClN7O17S. The van der Waals surface area contributed by atoms with Crippen LogP contribution in [0.15, 0.2) is 60.2 Å². The number of aliphatic hydroxyl groups is 1. The minimum Gasteiger partial charge on any atom is -0.495 e. The molecule has 2 fully saturated rings. The number of rotatable bonds is 18. The van der Waals surface area contributed by atoms with Crippen molar-refractivity contribution in [3.05, 3.63) is 70.8 Å². The van der Waals surface area contributed by atoms with E-state index < -0.39 is 102 Å². The van der Waals surface area contributed by atoms with Crippen molar-refractivity contribution in [1.82, 2.24) is 30.2 Å². The number of hydrogen-bond acceptors (Lipinski definition) is 18. The maximum atomic E-state index is 14.4. The summed E-state index contributed by atoms with van der Waals surface area (Å²) in [4.78, 5) is 123. The minimum absolute atomic E-state index is 0.0616. The second-order valence-electron chi connectivity index (χ2n) is 21.6. The van der Waals surface area contributed by atoms with Gasteiger partial charge in [-0.25, -0.2) is 14.4 Å². The van der Waals surface area contributed by atoms with Crippen molar-refractivity contribution in [2.75, 3.05) is 85.8 Å². The Morgan fingerprint density at radius 1 is 1.01 bits per heavy atom. The molecule has 4 heterocycles. The molecule has 0 spiro atoms. The van der Waals surface area contributed by atoms with E-state index in [1.807, 2.05) is 19.1 Å². The molecule has 1 aromatic carbocycles. The third kappa shape index (κ3) is 17.3. The molecule has 3 N–H and O–H groups in total. The minimum atomic E-state index is -1.89. The second-order valence-corrected chi connectivity index (χ2v) is 23.0. The Labute approximate surface area is 493 Å². The smallest absolute Gasteiger partial charge is 0.410 e. The predicted octanol–water partition coefficient (Wildman–Crippen LogP) is 4.68. The SMILES string of the molecule is COc1cc2cc(c1Cl)N(C)C(=O)C[C@H](OC(=O)[C@H](C)N(C)C(=O)CCSC(=O)N(C)CCN(C)C(=O)OC1C=CCC(OCC(=O)NCCN3C(=O)C=CC3=O)CCC1)[C@]1(C)O[C@H]1[C@H](C)[C@@H]1C[C@@](O)(NC(=O)O1)[C@H](OC)C=CC=C(C)C2. The van der Waals surface area contributed by atoms with Gasteiger partial charge in [-0.2, -0.15) is 0 Å². The highest BCUT2D eigenvalue weighted by Crippen LogP contribution is 2.49. The molecule has 0 aromatic heterocycles. The van der Waals surface area contributed by atoms with E-state index in [4.69, 9.17) is 44.8 Å². The number of halogens is 1. The normalized spacial score (nSPS) is 26.7. The van der Waals surface area contributed by atoms with Crippen molar-refractivity contribution in [1.29, 1.82) is 0 Å². The summed E-state index contributed by atoms with van der Waals surface area (Å²) in [6.45, 7) is 7.11. The summed E-state index contributed by atoms with van der Waals surface area (Å²) in [5.74, 6) is -3.24. The molecule has 10 atom stereocenters. The molecule has 8 amide bonds. The lowest BCUT2D eigenvalue weighted by molar-refractivity contribution is -0.162. The molecule has 456 valence electrons. The molecule has 2 unspecified atom stereocenters. The molecule has 0 radical (unpaired) electrons. The maximum Gasteiger partial charge on any atom is 0.410 e. The van der Waals surface area contributed by atoms with Crippen LogP contribution in [-0.4, -0.2) is 213 Å². The third-order valence-corrected chi connectivity index (χ3v) is 16.8. The van der Waals surface area contributed by atoms with Crippen LogP contribution in [0.3, 0.4) is 0 Å². The van der Waals surface area contributed by atoms with Crippen molar-refractivity contribution in [3.63, 3.8) is 0 Å². The van der Waals surface area contributed by atoms with Crippen LogP contribution in [0.4, 0.5) is 20.1 Å². The van der Waals surface area contributed by atoms with E-state index in [0.717, 1.165) is 27.8 Å². The van der Waals surface area contributed by atoms with Gasteiger partial charge in [0.25, 0.3) is 17.1 Å². The van der Waals surface area contributed by atoms with E-state index in [-0.39, 0.29) is 73.7 Å². The molecule has 6 rings (SSSR count). The highest BCUT2D eigenvalue weighted by Gasteiger charge is 2.64. The number of esters is 1. The van der Waals surface area contributed by atoms with Crippen LogP contribution in [-0.2, 0) is 63.6 Å². The third-order valence-electron chi connectivity index (χ3n) is 15.5. The number of nitrogens with zero attached hydrogens (tertiary/aromatic N) is 5. The summed E-state index contributed by atoms with van der Waals surface area (Å²) in [5.41, 5.74) is -1.23. The Morgan fingerprint density at radius 3 is 2.42 bits per heavy atom. The van der Waals surface area contributed by atoms with E-state index in [1.165, 1.54) is 67.0 Å². The molecule has 24 nitrogen and oxygen atoms in total. The number of amides is 8. The molecule has 5 aliphatic rings. The van der Waals surface area contributed by atoms with E-state index >= 15 is 0 Å². The number of alkyl carbamates (subject to hydrolysis) is 1. The van der Waals surface area contributed by atoms with Crippen LogP contribution >= 0.6 is 23.4 Å². The highest BCUT2D eigenvalue weighted by molar-refractivity contribution is 8.13. The van der Waals surface area contributed by atoms with Crippen molar-refractivity contribution >= 4 is 82.0 Å². The van der Waals surface area contributed by atoms with Crippen molar-refractivity contribution in [2.45, 2.75) is 133 Å². The maximum absolute atomic E-state index is 14.4. The first-order valence-electron chi connectivity index (χ1n) is 27.5. The Balaban J connectivity index is 0.990. The van der Waals surface area contributed by atoms with Gasteiger partial charge >= 0.3 is 18.2 Å². The number of nitrogens with one attached hydrogen (secondary N) is 2. The first kappa shape index (κ1) is 65.6. The summed E-state index contributed by atoms with van der Waals surface area (Å²) in [6.07, 6.45) is 7.11. The summed E-state index contributed by atoms with van der Waals surface area (Å²) < 4.78 is 41.0. The molecule has 26 heteroatoms. The van der Waals surface area contributed by atoms with Gasteiger partial charge in [-0.15, -0.1) is 0 Å². The zero-order valence-electron chi connectivity index (χ0n) is 48.7. The molecule has 4 aliphatic heterocycles. The number of ether oxygens (including phenoxy) is 7. The fraction of sp³-hybridized carbons (Fsp3) is 0.596. The number of epoxide rings is 1. The molecule has 2 saturated heterocycles. The van der Waals surface area contributed by atoms with Crippen LogP contribution in [0.2, 0.25) is 5.02 Å². The Morgan fingerprint density at radius 2 is 1.72 bits per heavy atom. The summed E-state index contributed by atoms with van der Waals surface area (Å²) in [7, 11) is 8.97. The van der Waals surface area contributed by atoms with E-state index in [2.05, 4.69) is 10.6 Å². The average Bonchev–Trinajstić information content (AvgIpc) is 3.94. The lowest BCUT2D eigenvalue weighted by Gasteiger charge is -2.42. The number of methoxy groups -OCH3 is 2. The van der Waals surface area contributed by atoms with Crippen LogP contribution in [0.1, 0.15) is 78.2 Å². The van der Waals surface area contributed by atoms with Crippen LogP contribution in [0.25, 0.3) is 0 Å². The lowest BCUT2D eigenvalue weighted by atomic mass is 9.83. The van der Waals surface area contributed by atoms with E-state index in [1.54, 1.807) is 58.3 Å². The standard InChI is InChI=1S/C57H78ClN7O17S/c1-34-14-11-19-43(77-10)57(75)32-42(80-53(72)60-57)35(2)51-56(4,82-51)44(31-49(70)64(8)40-29-37(28-34)30-41(76-9)50(40)58)81-52(71)36(3)63(7)46(67)22-27-83-55(74)62(6)26-25-61(5)54(73)79-39-17-12-15-38(16-13-18-39)78-33-45(66)59-23-24-65-47(68)20-21-48(65)69/h11-12,14,17,19-21,29-30,35-36,38-39,42-44,51,75H,13,15-16,18,22-28,31-33H2,1-10H3,(H,59,66)(H,60,72)/t35-,36+,38?,39?,42+,43-,44+,51+,56+,57+/m1/s1. The van der Waals surface area contributed by atoms with Gasteiger partial charge in [0.1, 0.15) is 53.4 Å². The van der Waals surface area contributed by atoms with Gasteiger partial charge in [0.2, 0.25) is 17.7 Å². The number of hydrogen-bond donors (Lipinski definition) is 3. The Bertz CT molecular complexity index is 2710. The van der Waals surface area contributed by atoms with Gasteiger partial charge < -0.3 is 63.2 Å². The number of likely N-dealkylation sites (N-methyl/N-ethyl adjacent to an activating group) is 3. The zero-order valence-corrected chi connectivity index (χ0v) is 50.3. The molecule has 0 saturated carbocycles. The van der Waals surface area contributed by atoms with Crippen LogP contribution in [0.5, 0.6) is 5.75 Å². The largest absolute Gasteiger partial charge is 0.495 e. The molecular weight excluding hydrogens is 1120 g/mol. The molecule has 83 heavy (non-hydrogen) atoms. The van der Waals surface area contributed by atoms with Gasteiger partial charge in [-0.05, 0) is 76.6 Å². The number of anilines is 1. The van der Waals surface area contributed by atoms with Crippen LogP contribution in [0, 0.1) is 5.92 Å². The predicted molar refractivity (Wildman–Crippen MR) is 305 cm³/mol. The zero-order chi connectivity index (χ0) is 60.9. The van der Waals surface area contributed by atoms with Crippen molar-refractivity contribution in [2.24, 2.45) is 5.92 Å². The summed E-state index contributed by atoms with van der Waals surface area (Å²) in [6, 6.07) is 2.36. The topological polar surface area (TPSA) is 282 Å². The average molecular weight is 1200 g/mol. The van der Waals surface area contributed by atoms with Gasteiger partial charge in [0.15, 0.2) is 5.72 Å². The number of thioether (sulfide) groups is 1. The number of allylic oxidation sites excluding steroid dienone is 3. The number of imide groups is 1. The van der Waals surface area contributed by atoms with Gasteiger partial charge in [-0.1, -0.05) is 60.2 Å². The van der Waals surface area contributed by atoms with Crippen molar-refractivity contribution < 1.29 is 81.4 Å². The molecule has 4 bridgehead atoms. The van der Waals surface area contributed by atoms with Crippen molar-refractivity contribution in [3.8, 4) is 5.75 Å². The van der Waals surface area contributed by atoms with Gasteiger partial charge in [0, 0.05) is 98.1 Å². The Hall–Kier alpha value is -6.51. The molecule has 1 aromatic rings. The lowest BCUT2D eigenvalue weighted by Crippen LogP contribution is -2.63. The highest BCUT2D eigenvalue weighted by atomic mass is 35.5. The van der Waals surface area contributed by atoms with Gasteiger partial charge in [-0.3, -0.25) is 39.0 Å². The number of fused-ring (bicyclic) bond motifs is 5. The van der Waals surface area contributed by atoms with E-state index in [9.17, 15) is 48.3 Å². The monoisotopic (exact) mass is 1200 g/mol. The number of carbonyl (C=O) groups excluding carboxylic acids is 9. The van der Waals surface area contributed by atoms with E-state index in [0.29, 0.717) is 43.5 Å². The second kappa shape index (κ2) is 29.3. The summed E-state index contributed by atoms with van der Waals surface area (Å²) in [5, 5.41) is 16.8. The summed E-state index contributed by atoms with van der Waals surface area (Å²) >= 11 is 7.72. The fourth-order valence-electron chi connectivity index (χ4n) is 10.0. The fourth-order valence-corrected chi connectivity index (χ4v) is 11.1. The van der Waals surface area contributed by atoms with Gasteiger partial charge in [0.05, 0.1) is 31.4 Å². The first-order chi connectivity index (χ1) is 39.3. The van der Waals surface area contributed by atoms with Crippen LogP contribution < -0.4 is 20.3 Å². The molecule has 1 aliphatic carbocycles. The Kier molecular flexibility index (Phi) is 23.2. The number of carbonyl (C=O) groups is 9. The first-order valence-corrected chi connectivity index (χ1v) is 28.9.